The summed E-state index contributed by atoms with van der Waals surface area (Å²) >= 11 is 3.17. The smallest absolute Gasteiger partial charge is 0.243 e. The molecular weight excluding hydrogens is 371 g/mol. The first-order valence-corrected chi connectivity index (χ1v) is 9.76. The van der Waals surface area contributed by atoms with Crippen LogP contribution in [0.3, 0.4) is 0 Å². The summed E-state index contributed by atoms with van der Waals surface area (Å²) in [6.45, 7) is 6.48. The lowest BCUT2D eigenvalue weighted by atomic mass is 9.98. The number of likely N-dealkylation sites (tertiary alicyclic amines) is 1. The van der Waals surface area contributed by atoms with E-state index in [2.05, 4.69) is 32.5 Å². The fourth-order valence-corrected chi connectivity index (χ4v) is 4.33. The van der Waals surface area contributed by atoms with Crippen molar-refractivity contribution < 1.29 is 12.8 Å². The minimum absolute atomic E-state index is 0.0949. The number of hydrogen-bond acceptors (Lipinski definition) is 3. The van der Waals surface area contributed by atoms with E-state index >= 15 is 0 Å². The number of hydrogen-bond donors (Lipinski definition) is 1. The second-order valence-electron chi connectivity index (χ2n) is 5.99. The Morgan fingerprint density at radius 3 is 2.68 bits per heavy atom. The Balaban J connectivity index is 1.99. The van der Waals surface area contributed by atoms with Crippen molar-refractivity contribution in [3.05, 3.63) is 28.5 Å². The summed E-state index contributed by atoms with van der Waals surface area (Å²) in [6, 6.07) is 4.00. The number of sulfonamides is 1. The van der Waals surface area contributed by atoms with Crippen molar-refractivity contribution in [3.8, 4) is 0 Å². The highest BCUT2D eigenvalue weighted by Crippen LogP contribution is 2.21. The summed E-state index contributed by atoms with van der Waals surface area (Å²) < 4.78 is 41.3. The minimum Gasteiger partial charge on any atom is -0.299 e. The third kappa shape index (κ3) is 4.50. The van der Waals surface area contributed by atoms with Gasteiger partial charge in [0.15, 0.2) is 0 Å². The van der Waals surface area contributed by atoms with Crippen LogP contribution in [0.15, 0.2) is 27.6 Å². The molecule has 1 aromatic carbocycles. The lowest BCUT2D eigenvalue weighted by Gasteiger charge is -2.34. The molecule has 0 aromatic heterocycles. The monoisotopic (exact) mass is 392 g/mol. The first-order valence-electron chi connectivity index (χ1n) is 7.48. The molecule has 22 heavy (non-hydrogen) atoms. The molecule has 1 fully saturated rings. The predicted octanol–water partition coefficient (Wildman–Crippen LogP) is 2.99. The van der Waals surface area contributed by atoms with E-state index in [1.807, 2.05) is 6.92 Å². The van der Waals surface area contributed by atoms with Crippen LogP contribution in [0.5, 0.6) is 0 Å². The highest BCUT2D eigenvalue weighted by molar-refractivity contribution is 9.10. The molecule has 1 heterocycles. The second-order valence-corrected chi connectivity index (χ2v) is 8.65. The normalized spacial score (nSPS) is 19.3. The summed E-state index contributed by atoms with van der Waals surface area (Å²) in [5, 5.41) is 0. The SMILES string of the molecule is CC1CCN(C(C)CNS(=O)(=O)c2cc(Br)ccc2F)CC1. The van der Waals surface area contributed by atoms with Gasteiger partial charge in [-0.1, -0.05) is 22.9 Å². The number of rotatable bonds is 5. The minimum atomic E-state index is -3.84. The Morgan fingerprint density at radius 1 is 1.41 bits per heavy atom. The van der Waals surface area contributed by atoms with Crippen LogP contribution in [0.1, 0.15) is 26.7 Å². The van der Waals surface area contributed by atoms with Gasteiger partial charge in [0, 0.05) is 17.1 Å². The van der Waals surface area contributed by atoms with Crippen LogP contribution in [-0.4, -0.2) is 39.0 Å². The zero-order valence-corrected chi connectivity index (χ0v) is 15.3. The molecule has 4 nitrogen and oxygen atoms in total. The van der Waals surface area contributed by atoms with E-state index in [0.29, 0.717) is 4.47 Å². The Bertz CT molecular complexity index is 616. The highest BCUT2D eigenvalue weighted by Gasteiger charge is 2.24. The molecule has 124 valence electrons. The van der Waals surface area contributed by atoms with Crippen LogP contribution < -0.4 is 4.72 Å². The van der Waals surface area contributed by atoms with E-state index in [9.17, 15) is 12.8 Å². The number of piperidine rings is 1. The van der Waals surface area contributed by atoms with Gasteiger partial charge in [-0.2, -0.15) is 0 Å². The molecule has 1 aliphatic heterocycles. The van der Waals surface area contributed by atoms with Crippen molar-refractivity contribution in [3.63, 3.8) is 0 Å². The van der Waals surface area contributed by atoms with Crippen LogP contribution in [0, 0.1) is 11.7 Å². The van der Waals surface area contributed by atoms with E-state index in [0.717, 1.165) is 37.9 Å². The Labute approximate surface area is 140 Å². The summed E-state index contributed by atoms with van der Waals surface area (Å²) in [7, 11) is -3.84. The fourth-order valence-electron chi connectivity index (χ4n) is 2.59. The molecule has 7 heteroatoms. The standard InChI is InChI=1S/C15H22BrFN2O2S/c1-11-5-7-19(8-6-11)12(2)10-18-22(20,21)15-9-13(16)3-4-14(15)17/h3-4,9,11-12,18H,5-8,10H2,1-2H3. The van der Waals surface area contributed by atoms with Crippen molar-refractivity contribution in [1.29, 1.82) is 0 Å². The quantitative estimate of drug-likeness (QED) is 0.837. The molecule has 2 rings (SSSR count). The first kappa shape index (κ1) is 17.8. The van der Waals surface area contributed by atoms with Gasteiger partial charge in [-0.15, -0.1) is 0 Å². The van der Waals surface area contributed by atoms with Crippen molar-refractivity contribution in [2.75, 3.05) is 19.6 Å². The van der Waals surface area contributed by atoms with Gasteiger partial charge in [0.25, 0.3) is 0 Å². The molecule has 0 bridgehead atoms. The average Bonchev–Trinajstić information content (AvgIpc) is 2.48. The molecule has 1 unspecified atom stereocenters. The van der Waals surface area contributed by atoms with Gasteiger partial charge in [0.05, 0.1) is 0 Å². The van der Waals surface area contributed by atoms with Gasteiger partial charge in [0.2, 0.25) is 10.0 Å². The van der Waals surface area contributed by atoms with E-state index in [1.165, 1.54) is 12.1 Å². The van der Waals surface area contributed by atoms with Crippen LogP contribution in [0.2, 0.25) is 0 Å². The van der Waals surface area contributed by atoms with Crippen molar-refractivity contribution in [2.24, 2.45) is 5.92 Å². The van der Waals surface area contributed by atoms with Gasteiger partial charge in [-0.3, -0.25) is 4.90 Å². The third-order valence-electron chi connectivity index (χ3n) is 4.19. The maximum absolute atomic E-state index is 13.7. The number of halogens is 2. The Hall–Kier alpha value is -0.500. The molecule has 1 aromatic rings. The highest BCUT2D eigenvalue weighted by atomic mass is 79.9. The number of nitrogens with zero attached hydrogens (tertiary/aromatic N) is 1. The lowest BCUT2D eigenvalue weighted by molar-refractivity contribution is 0.148. The Morgan fingerprint density at radius 2 is 2.05 bits per heavy atom. The lowest BCUT2D eigenvalue weighted by Crippen LogP contribution is -2.45. The molecule has 1 saturated heterocycles. The largest absolute Gasteiger partial charge is 0.299 e. The van der Waals surface area contributed by atoms with Crippen molar-refractivity contribution in [2.45, 2.75) is 37.6 Å². The zero-order valence-electron chi connectivity index (χ0n) is 12.9. The molecule has 1 aliphatic rings. The molecule has 1 N–H and O–H groups in total. The molecule has 0 amide bonds. The second kappa shape index (κ2) is 7.38. The molecule has 0 saturated carbocycles. The summed E-state index contributed by atoms with van der Waals surface area (Å²) in [6.07, 6.45) is 2.27. The summed E-state index contributed by atoms with van der Waals surface area (Å²) in [5.41, 5.74) is 0. The fraction of sp³-hybridized carbons (Fsp3) is 0.600. The van der Waals surface area contributed by atoms with Crippen molar-refractivity contribution in [1.82, 2.24) is 9.62 Å². The van der Waals surface area contributed by atoms with Crippen LogP contribution in [0.4, 0.5) is 4.39 Å². The molecular formula is C15H22BrFN2O2S. The van der Waals surface area contributed by atoms with Crippen LogP contribution >= 0.6 is 15.9 Å². The molecule has 0 aliphatic carbocycles. The van der Waals surface area contributed by atoms with E-state index in [-0.39, 0.29) is 17.5 Å². The number of benzene rings is 1. The summed E-state index contributed by atoms with van der Waals surface area (Å²) in [5.74, 6) is -0.00828. The van der Waals surface area contributed by atoms with Crippen LogP contribution in [-0.2, 0) is 10.0 Å². The third-order valence-corrected chi connectivity index (χ3v) is 6.12. The van der Waals surface area contributed by atoms with Crippen molar-refractivity contribution >= 4 is 26.0 Å². The maximum Gasteiger partial charge on any atom is 0.243 e. The molecule has 0 spiro atoms. The van der Waals surface area contributed by atoms with Gasteiger partial charge >= 0.3 is 0 Å². The average molecular weight is 393 g/mol. The Kier molecular flexibility index (Phi) is 5.99. The summed E-state index contributed by atoms with van der Waals surface area (Å²) in [4.78, 5) is 1.96. The number of nitrogens with one attached hydrogen (secondary N) is 1. The van der Waals surface area contributed by atoms with Gasteiger partial charge in [0.1, 0.15) is 10.7 Å². The first-order chi connectivity index (χ1) is 10.3. The predicted molar refractivity (Wildman–Crippen MR) is 88.7 cm³/mol. The van der Waals surface area contributed by atoms with Crippen LogP contribution in [0.25, 0.3) is 0 Å². The van der Waals surface area contributed by atoms with E-state index < -0.39 is 15.8 Å². The molecule has 0 radical (unpaired) electrons. The van der Waals surface area contributed by atoms with Gasteiger partial charge in [-0.25, -0.2) is 17.5 Å². The van der Waals surface area contributed by atoms with E-state index in [4.69, 9.17) is 0 Å². The van der Waals surface area contributed by atoms with Gasteiger partial charge in [-0.05, 0) is 57.0 Å². The maximum atomic E-state index is 13.7. The molecule has 1 atom stereocenters. The topological polar surface area (TPSA) is 49.4 Å². The van der Waals surface area contributed by atoms with E-state index in [1.54, 1.807) is 0 Å². The van der Waals surface area contributed by atoms with Gasteiger partial charge < -0.3 is 0 Å². The zero-order chi connectivity index (χ0) is 16.3.